The number of rotatable bonds is 6. The number of benzene rings is 3. The highest BCUT2D eigenvalue weighted by atomic mass is 32.2. The van der Waals surface area contributed by atoms with Crippen LogP contribution in [0.1, 0.15) is 42.5 Å². The first kappa shape index (κ1) is 21.8. The topological polar surface area (TPSA) is 78.8 Å². The Morgan fingerprint density at radius 2 is 1.66 bits per heavy atom. The molecule has 0 aliphatic carbocycles. The number of nitrogens with one attached hydrogen (secondary N) is 1. The Morgan fingerprint density at radius 1 is 1.00 bits per heavy atom. The Bertz CT molecular complexity index is 1270. The molecule has 0 bridgehead atoms. The third-order valence-corrected chi connectivity index (χ3v) is 6.93. The predicted octanol–water partition coefficient (Wildman–Crippen LogP) is 4.88. The van der Waals surface area contributed by atoms with Gasteiger partial charge in [0.15, 0.2) is 0 Å². The number of carbonyl (C=O) groups is 1. The summed E-state index contributed by atoms with van der Waals surface area (Å²) in [5, 5.41) is 6.20. The van der Waals surface area contributed by atoms with Gasteiger partial charge >= 0.3 is 0 Å². The molecule has 1 amide bonds. The molecule has 0 unspecified atom stereocenters. The minimum absolute atomic E-state index is 0.0735. The lowest BCUT2D eigenvalue weighted by Crippen LogP contribution is -2.26. The van der Waals surface area contributed by atoms with E-state index in [1.807, 2.05) is 50.2 Å². The molecule has 1 aliphatic rings. The monoisotopic (exact) mass is 447 g/mol. The minimum Gasteiger partial charge on any atom is -0.279 e. The number of nitrogens with zero attached hydrogens (tertiary/aromatic N) is 2. The SMILES string of the molecule is CCC(=O)N1N=C(c2ccccc2NS(=O)(=O)c2ccccc2)C[C@H]1c1ccccc1C. The van der Waals surface area contributed by atoms with Gasteiger partial charge in [0.2, 0.25) is 5.91 Å². The molecule has 32 heavy (non-hydrogen) atoms. The summed E-state index contributed by atoms with van der Waals surface area (Å²) in [6, 6.07) is 23.1. The zero-order valence-corrected chi connectivity index (χ0v) is 18.8. The van der Waals surface area contributed by atoms with Crippen LogP contribution in [-0.2, 0) is 14.8 Å². The Kier molecular flexibility index (Phi) is 6.10. The van der Waals surface area contributed by atoms with Crippen molar-refractivity contribution < 1.29 is 13.2 Å². The van der Waals surface area contributed by atoms with E-state index in [2.05, 4.69) is 9.82 Å². The molecule has 1 heterocycles. The highest BCUT2D eigenvalue weighted by molar-refractivity contribution is 7.92. The summed E-state index contributed by atoms with van der Waals surface area (Å²) in [6.07, 6.45) is 0.835. The minimum atomic E-state index is -3.76. The van der Waals surface area contributed by atoms with Crippen LogP contribution in [0, 0.1) is 6.92 Å². The Morgan fingerprint density at radius 3 is 2.38 bits per heavy atom. The number of aryl methyl sites for hydroxylation is 1. The van der Waals surface area contributed by atoms with Crippen molar-refractivity contribution >= 4 is 27.3 Å². The van der Waals surface area contributed by atoms with Crippen LogP contribution in [0.4, 0.5) is 5.69 Å². The van der Waals surface area contributed by atoms with E-state index in [1.165, 1.54) is 0 Å². The zero-order valence-electron chi connectivity index (χ0n) is 18.0. The van der Waals surface area contributed by atoms with Gasteiger partial charge in [0.25, 0.3) is 10.0 Å². The normalized spacial score (nSPS) is 16.0. The fraction of sp³-hybridized carbons (Fsp3) is 0.200. The van der Waals surface area contributed by atoms with Crippen LogP contribution >= 0.6 is 0 Å². The lowest BCUT2D eigenvalue weighted by Gasteiger charge is -2.23. The molecular formula is C25H25N3O3S. The van der Waals surface area contributed by atoms with Crippen molar-refractivity contribution in [1.82, 2.24) is 5.01 Å². The maximum Gasteiger partial charge on any atom is 0.261 e. The van der Waals surface area contributed by atoms with Crippen LogP contribution in [0.2, 0.25) is 0 Å². The average Bonchev–Trinajstić information content (AvgIpc) is 3.24. The highest BCUT2D eigenvalue weighted by Crippen LogP contribution is 2.36. The van der Waals surface area contributed by atoms with Gasteiger partial charge in [0.05, 0.1) is 22.3 Å². The summed E-state index contributed by atoms with van der Waals surface area (Å²) in [4.78, 5) is 12.9. The summed E-state index contributed by atoms with van der Waals surface area (Å²) in [6.45, 7) is 3.83. The van der Waals surface area contributed by atoms with Crippen molar-refractivity contribution in [1.29, 1.82) is 0 Å². The molecule has 4 rings (SSSR count). The van der Waals surface area contributed by atoms with Crippen LogP contribution in [0.3, 0.4) is 0 Å². The number of hydrogen-bond acceptors (Lipinski definition) is 4. The van der Waals surface area contributed by atoms with Gasteiger partial charge in [-0.15, -0.1) is 0 Å². The summed E-state index contributed by atoms with van der Waals surface area (Å²) < 4.78 is 28.5. The fourth-order valence-corrected chi connectivity index (χ4v) is 5.00. The van der Waals surface area contributed by atoms with Gasteiger partial charge < -0.3 is 0 Å². The first-order chi connectivity index (χ1) is 15.4. The molecule has 0 radical (unpaired) electrons. The van der Waals surface area contributed by atoms with Gasteiger partial charge in [-0.2, -0.15) is 5.10 Å². The Balaban J connectivity index is 1.71. The van der Waals surface area contributed by atoms with Gasteiger partial charge in [-0.3, -0.25) is 9.52 Å². The first-order valence-corrected chi connectivity index (χ1v) is 12.0. The number of carbonyl (C=O) groups excluding carboxylic acids is 1. The number of amides is 1. The molecule has 0 spiro atoms. The van der Waals surface area contributed by atoms with E-state index in [-0.39, 0.29) is 16.8 Å². The number of anilines is 1. The molecule has 6 nitrogen and oxygen atoms in total. The van der Waals surface area contributed by atoms with Gasteiger partial charge in [-0.1, -0.05) is 67.6 Å². The summed E-state index contributed by atoms with van der Waals surface area (Å²) in [5.74, 6) is -0.0735. The molecule has 1 N–H and O–H groups in total. The Labute approximate surface area is 188 Å². The summed E-state index contributed by atoms with van der Waals surface area (Å²) in [7, 11) is -3.76. The van der Waals surface area contributed by atoms with Crippen LogP contribution in [0.15, 0.2) is 88.9 Å². The standard InChI is InChI=1S/C25H25N3O3S/c1-3-25(29)28-24(20-14-8-7-11-18(20)2)17-23(26-28)21-15-9-10-16-22(21)27-32(30,31)19-12-5-4-6-13-19/h4-16,24,27H,3,17H2,1-2H3/t24-/m0/s1. The van der Waals surface area contributed by atoms with Crippen molar-refractivity contribution in [3.8, 4) is 0 Å². The van der Waals surface area contributed by atoms with Gasteiger partial charge in [0, 0.05) is 18.4 Å². The average molecular weight is 448 g/mol. The van der Waals surface area contributed by atoms with Crippen molar-refractivity contribution in [2.24, 2.45) is 5.10 Å². The zero-order chi connectivity index (χ0) is 22.7. The lowest BCUT2D eigenvalue weighted by atomic mass is 9.94. The molecule has 0 saturated heterocycles. The van der Waals surface area contributed by atoms with E-state index < -0.39 is 10.0 Å². The second-order valence-corrected chi connectivity index (χ2v) is 9.36. The fourth-order valence-electron chi connectivity index (χ4n) is 3.90. The van der Waals surface area contributed by atoms with E-state index >= 15 is 0 Å². The third kappa shape index (κ3) is 4.29. The molecule has 7 heteroatoms. The molecule has 0 saturated carbocycles. The molecule has 3 aromatic carbocycles. The number of sulfonamides is 1. The molecule has 0 fully saturated rings. The number of hydrogen-bond donors (Lipinski definition) is 1. The van der Waals surface area contributed by atoms with Crippen molar-refractivity contribution in [2.45, 2.75) is 37.6 Å². The lowest BCUT2D eigenvalue weighted by molar-refractivity contribution is -0.132. The third-order valence-electron chi connectivity index (χ3n) is 5.55. The van der Waals surface area contributed by atoms with Gasteiger partial charge in [-0.05, 0) is 36.2 Å². The van der Waals surface area contributed by atoms with E-state index in [1.54, 1.807) is 47.5 Å². The highest BCUT2D eigenvalue weighted by Gasteiger charge is 2.34. The number of hydrazone groups is 1. The van der Waals surface area contributed by atoms with Gasteiger partial charge in [0.1, 0.15) is 0 Å². The smallest absolute Gasteiger partial charge is 0.261 e. The summed E-state index contributed by atoms with van der Waals surface area (Å²) in [5.41, 5.74) is 3.89. The molecule has 164 valence electrons. The van der Waals surface area contributed by atoms with Gasteiger partial charge in [-0.25, -0.2) is 13.4 Å². The quantitative estimate of drug-likeness (QED) is 0.585. The molecular weight excluding hydrogens is 422 g/mol. The molecule has 1 aliphatic heterocycles. The molecule has 3 aromatic rings. The van der Waals surface area contributed by atoms with Crippen LogP contribution in [0.5, 0.6) is 0 Å². The largest absolute Gasteiger partial charge is 0.279 e. The van der Waals surface area contributed by atoms with Crippen LogP contribution < -0.4 is 4.72 Å². The second kappa shape index (κ2) is 8.96. The van der Waals surface area contributed by atoms with Crippen LogP contribution in [0.25, 0.3) is 0 Å². The van der Waals surface area contributed by atoms with Crippen molar-refractivity contribution in [3.63, 3.8) is 0 Å². The van der Waals surface area contributed by atoms with E-state index in [0.29, 0.717) is 29.8 Å². The van der Waals surface area contributed by atoms with E-state index in [4.69, 9.17) is 0 Å². The van der Waals surface area contributed by atoms with E-state index in [9.17, 15) is 13.2 Å². The Hall–Kier alpha value is -3.45. The number of para-hydroxylation sites is 1. The summed E-state index contributed by atoms with van der Waals surface area (Å²) >= 11 is 0. The molecule has 1 atom stereocenters. The predicted molar refractivity (Wildman–Crippen MR) is 126 cm³/mol. The first-order valence-electron chi connectivity index (χ1n) is 10.5. The van der Waals surface area contributed by atoms with Crippen LogP contribution in [-0.4, -0.2) is 25.0 Å². The maximum atomic E-state index is 12.9. The molecule has 0 aromatic heterocycles. The van der Waals surface area contributed by atoms with Crippen molar-refractivity contribution in [2.75, 3.05) is 4.72 Å². The maximum absolute atomic E-state index is 12.9. The second-order valence-electron chi connectivity index (χ2n) is 7.68. The van der Waals surface area contributed by atoms with Crippen molar-refractivity contribution in [3.05, 3.63) is 95.6 Å². The van der Waals surface area contributed by atoms with E-state index in [0.717, 1.165) is 11.1 Å².